The number of halogens is 1. The SMILES string of the molecule is Cc1sc(SCCCCCF)c2c(NS(=O)(=O)C(C)C)nc(=O)n-2c1C. The number of hydrogen-bond donors (Lipinski definition) is 1. The topological polar surface area (TPSA) is 81.1 Å². The highest BCUT2D eigenvalue weighted by Gasteiger charge is 2.27. The molecule has 0 aromatic carbocycles. The van der Waals surface area contributed by atoms with Crippen LogP contribution in [0, 0.1) is 13.8 Å². The Morgan fingerprint density at radius 3 is 2.58 bits per heavy atom. The summed E-state index contributed by atoms with van der Waals surface area (Å²) in [6, 6.07) is 0. The van der Waals surface area contributed by atoms with Crippen LogP contribution in [0.1, 0.15) is 43.7 Å². The van der Waals surface area contributed by atoms with Crippen LogP contribution in [0.25, 0.3) is 5.69 Å². The maximum atomic E-state index is 12.4. The minimum Gasteiger partial charge on any atom is -0.265 e. The number of nitrogens with zero attached hydrogens (tertiary/aromatic N) is 2. The van der Waals surface area contributed by atoms with E-state index in [1.54, 1.807) is 25.6 Å². The van der Waals surface area contributed by atoms with Crippen LogP contribution in [0.5, 0.6) is 0 Å². The number of anilines is 1. The van der Waals surface area contributed by atoms with Crippen LogP contribution in [-0.2, 0) is 10.0 Å². The molecule has 2 aliphatic rings. The summed E-state index contributed by atoms with van der Waals surface area (Å²) in [5.74, 6) is 0.846. The second kappa shape index (κ2) is 8.71. The minimum atomic E-state index is -3.61. The van der Waals surface area contributed by atoms with E-state index in [1.165, 1.54) is 15.9 Å². The third kappa shape index (κ3) is 4.58. The lowest BCUT2D eigenvalue weighted by molar-refractivity contribution is 0.460. The standard InChI is InChI=1S/C16H24FN3O3S3/c1-10(2)26(22,23)19-14-13-15(24-9-7-5-6-8-17)25-12(4)11(3)20(13)16(21)18-14/h10H,5-9H2,1-4H3,(H,18,19,21). The van der Waals surface area contributed by atoms with E-state index in [4.69, 9.17) is 0 Å². The molecule has 0 saturated carbocycles. The summed E-state index contributed by atoms with van der Waals surface area (Å²) < 4.78 is 41.5. The van der Waals surface area contributed by atoms with Crippen molar-refractivity contribution in [2.45, 2.75) is 56.4 Å². The fourth-order valence-corrected chi connectivity index (χ4v) is 5.45. The predicted octanol–water partition coefficient (Wildman–Crippen LogP) is 3.73. The van der Waals surface area contributed by atoms with Gasteiger partial charge in [-0.15, -0.1) is 23.1 Å². The van der Waals surface area contributed by atoms with Crippen molar-refractivity contribution < 1.29 is 12.8 Å². The smallest absolute Gasteiger partial charge is 0.265 e. The summed E-state index contributed by atoms with van der Waals surface area (Å²) in [6.45, 7) is 6.56. The summed E-state index contributed by atoms with van der Waals surface area (Å²) in [6.07, 6.45) is 2.20. The maximum Gasteiger partial charge on any atom is 0.354 e. The Morgan fingerprint density at radius 1 is 1.27 bits per heavy atom. The van der Waals surface area contributed by atoms with E-state index in [-0.39, 0.29) is 12.5 Å². The predicted molar refractivity (Wildman–Crippen MR) is 107 cm³/mol. The van der Waals surface area contributed by atoms with Crippen LogP contribution in [0.3, 0.4) is 0 Å². The molecule has 0 spiro atoms. The summed E-state index contributed by atoms with van der Waals surface area (Å²) in [5.41, 5.74) is 0.760. The lowest BCUT2D eigenvalue weighted by Gasteiger charge is -2.16. The molecule has 0 radical (unpaired) electrons. The van der Waals surface area contributed by atoms with Crippen molar-refractivity contribution in [2.24, 2.45) is 0 Å². The molecule has 146 valence electrons. The van der Waals surface area contributed by atoms with Gasteiger partial charge in [0.05, 0.1) is 16.1 Å². The van der Waals surface area contributed by atoms with Crippen molar-refractivity contribution in [2.75, 3.05) is 17.1 Å². The number of unbranched alkanes of at least 4 members (excludes halogenated alkanes) is 2. The monoisotopic (exact) mass is 421 g/mol. The number of nitrogens with one attached hydrogen (secondary N) is 1. The Bertz CT molecular complexity index is 890. The number of fused-ring (bicyclic) bond motifs is 1. The molecule has 0 amide bonds. The van der Waals surface area contributed by atoms with Crippen LogP contribution in [0.4, 0.5) is 10.2 Å². The van der Waals surface area contributed by atoms with E-state index >= 15 is 0 Å². The first kappa shape index (κ1) is 21.2. The largest absolute Gasteiger partial charge is 0.354 e. The Hall–Kier alpha value is -1.13. The average Bonchev–Trinajstić information content (AvgIpc) is 2.87. The quantitative estimate of drug-likeness (QED) is 0.493. The number of hydrogen-bond acceptors (Lipinski definition) is 6. The zero-order valence-electron chi connectivity index (χ0n) is 15.3. The molecular weight excluding hydrogens is 397 g/mol. The number of aromatic nitrogens is 2. The van der Waals surface area contributed by atoms with Crippen molar-refractivity contribution in [3.8, 4) is 5.69 Å². The van der Waals surface area contributed by atoms with Crippen molar-refractivity contribution in [1.82, 2.24) is 9.55 Å². The van der Waals surface area contributed by atoms with Gasteiger partial charge in [-0.3, -0.25) is 13.7 Å². The molecule has 26 heavy (non-hydrogen) atoms. The summed E-state index contributed by atoms with van der Waals surface area (Å²) in [5, 5.41) is -0.638. The van der Waals surface area contributed by atoms with Crippen LogP contribution < -0.4 is 10.4 Å². The van der Waals surface area contributed by atoms with Gasteiger partial charge in [0.25, 0.3) is 0 Å². The number of sulfonamides is 1. The molecule has 0 aliphatic carbocycles. The number of alkyl halides is 1. The molecule has 0 aromatic rings. The van der Waals surface area contributed by atoms with Crippen molar-refractivity contribution in [3.05, 3.63) is 21.1 Å². The summed E-state index contributed by atoms with van der Waals surface area (Å²) in [4.78, 5) is 17.3. The van der Waals surface area contributed by atoms with E-state index < -0.39 is 21.0 Å². The van der Waals surface area contributed by atoms with Crippen LogP contribution in [-0.4, -0.2) is 35.6 Å². The lowest BCUT2D eigenvalue weighted by Crippen LogP contribution is -2.23. The number of imidazole rings is 1. The Kier molecular flexibility index (Phi) is 7.09. The second-order valence-electron chi connectivity index (χ2n) is 6.25. The number of rotatable bonds is 9. The Morgan fingerprint density at radius 2 is 1.96 bits per heavy atom. The fourth-order valence-electron chi connectivity index (χ4n) is 2.28. The highest BCUT2D eigenvalue weighted by molar-refractivity contribution is 8.01. The highest BCUT2D eigenvalue weighted by atomic mass is 32.2. The second-order valence-corrected chi connectivity index (χ2v) is 11.1. The normalized spacial score (nSPS) is 12.2. The van der Waals surface area contributed by atoms with Crippen LogP contribution in [0.2, 0.25) is 0 Å². The van der Waals surface area contributed by atoms with Gasteiger partial charge in [0.2, 0.25) is 10.0 Å². The Balaban J connectivity index is 2.43. The van der Waals surface area contributed by atoms with E-state index in [1.807, 2.05) is 13.8 Å². The molecule has 0 unspecified atom stereocenters. The molecule has 2 heterocycles. The van der Waals surface area contributed by atoms with Crippen molar-refractivity contribution in [1.29, 1.82) is 0 Å². The number of aryl methyl sites for hydroxylation is 1. The van der Waals surface area contributed by atoms with Gasteiger partial charge >= 0.3 is 5.69 Å². The molecule has 0 fully saturated rings. The Labute approximate surface area is 161 Å². The molecule has 0 bridgehead atoms. The van der Waals surface area contributed by atoms with E-state index in [0.717, 1.165) is 33.4 Å². The van der Waals surface area contributed by atoms with Gasteiger partial charge in [-0.05, 0) is 46.3 Å². The molecule has 10 heteroatoms. The molecule has 0 saturated heterocycles. The van der Waals surface area contributed by atoms with E-state index in [9.17, 15) is 17.6 Å². The average molecular weight is 422 g/mol. The van der Waals surface area contributed by atoms with E-state index in [2.05, 4.69) is 9.71 Å². The van der Waals surface area contributed by atoms with Crippen molar-refractivity contribution >= 4 is 38.9 Å². The first-order valence-corrected chi connectivity index (χ1v) is 11.8. The van der Waals surface area contributed by atoms with Crippen molar-refractivity contribution in [3.63, 3.8) is 0 Å². The van der Waals surface area contributed by atoms with E-state index in [0.29, 0.717) is 12.1 Å². The third-order valence-corrected chi connectivity index (χ3v) is 8.25. The zero-order chi connectivity index (χ0) is 19.5. The molecular formula is C16H24FN3O3S3. The van der Waals surface area contributed by atoms with Gasteiger partial charge in [0.1, 0.15) is 5.69 Å². The first-order valence-electron chi connectivity index (χ1n) is 8.42. The zero-order valence-corrected chi connectivity index (χ0v) is 17.8. The molecule has 0 aromatic heterocycles. The lowest BCUT2D eigenvalue weighted by atomic mass is 10.3. The third-order valence-electron chi connectivity index (χ3n) is 4.00. The van der Waals surface area contributed by atoms with Gasteiger partial charge in [-0.25, -0.2) is 13.2 Å². The minimum absolute atomic E-state index is 0.0781. The molecule has 6 nitrogen and oxygen atoms in total. The highest BCUT2D eigenvalue weighted by Crippen LogP contribution is 2.38. The van der Waals surface area contributed by atoms with Gasteiger partial charge < -0.3 is 0 Å². The van der Waals surface area contributed by atoms with Gasteiger partial charge in [-0.2, -0.15) is 4.98 Å². The van der Waals surface area contributed by atoms with Crippen LogP contribution >= 0.6 is 23.1 Å². The van der Waals surface area contributed by atoms with Gasteiger partial charge in [0, 0.05) is 10.6 Å². The maximum absolute atomic E-state index is 12.4. The summed E-state index contributed by atoms with van der Waals surface area (Å²) >= 11 is 3.06. The molecule has 0 atom stereocenters. The van der Waals surface area contributed by atoms with Gasteiger partial charge in [0.15, 0.2) is 5.82 Å². The number of thioether (sulfide) groups is 1. The summed E-state index contributed by atoms with van der Waals surface area (Å²) in [7, 11) is -3.61. The molecule has 2 rings (SSSR count). The van der Waals surface area contributed by atoms with Crippen LogP contribution in [0.15, 0.2) is 9.00 Å². The molecule has 1 N–H and O–H groups in total. The first-order chi connectivity index (χ1) is 12.2. The van der Waals surface area contributed by atoms with Gasteiger partial charge in [-0.1, -0.05) is 6.42 Å². The fraction of sp³-hybridized carbons (Fsp3) is 0.625. The molecule has 2 aliphatic heterocycles.